The Morgan fingerprint density at radius 2 is 1.48 bits per heavy atom. The summed E-state index contributed by atoms with van der Waals surface area (Å²) in [5.74, 6) is -0.761. The minimum absolute atomic E-state index is 0.0512. The molecule has 0 fully saturated rings. The summed E-state index contributed by atoms with van der Waals surface area (Å²) in [5, 5.41) is 15.1. The first-order chi connectivity index (χ1) is 13.1. The fraction of sp³-hybridized carbons (Fsp3) is 0.105. The van der Waals surface area contributed by atoms with Crippen LogP contribution in [0.15, 0.2) is 70.3 Å². The molecular weight excluding hydrogens is 348 g/mol. The van der Waals surface area contributed by atoms with Gasteiger partial charge in [0.1, 0.15) is 11.4 Å². The first kappa shape index (κ1) is 18.0. The molecule has 1 heterocycles. The molecule has 0 saturated carbocycles. The summed E-state index contributed by atoms with van der Waals surface area (Å²) in [6, 6.07) is 18.4. The summed E-state index contributed by atoms with van der Waals surface area (Å²) in [4.78, 5) is 38.8. The minimum Gasteiger partial charge on any atom is -0.421 e. The van der Waals surface area contributed by atoms with Gasteiger partial charge in [0.2, 0.25) is 0 Å². The number of anilines is 1. The van der Waals surface area contributed by atoms with E-state index in [9.17, 15) is 19.6 Å². The van der Waals surface area contributed by atoms with Crippen LogP contribution in [0.4, 0.5) is 5.82 Å². The Labute approximate surface area is 154 Å². The second kappa shape index (κ2) is 8.05. The number of carbonyl (C=O) groups excluding carboxylic acids is 1. The number of nitrogens with zero attached hydrogens (tertiary/aromatic N) is 1. The molecule has 0 bridgehead atoms. The summed E-state index contributed by atoms with van der Waals surface area (Å²) in [7, 11) is 0. The van der Waals surface area contributed by atoms with E-state index in [2.05, 4.69) is 15.6 Å². The number of hydrogen-bond donors (Lipinski definition) is 4. The second-order valence-corrected chi connectivity index (χ2v) is 5.80. The van der Waals surface area contributed by atoms with E-state index in [1.807, 2.05) is 60.7 Å². The SMILES string of the molecule is O=C(NCc1ccccc1)c1c(NCc2ccccc2)[nH]c(=O)n(O)c1=O. The monoisotopic (exact) mass is 366 g/mol. The van der Waals surface area contributed by atoms with E-state index in [-0.39, 0.29) is 29.2 Å². The predicted octanol–water partition coefficient (Wildman–Crippen LogP) is 1.32. The molecule has 0 aliphatic rings. The Bertz CT molecular complexity index is 1040. The largest absolute Gasteiger partial charge is 0.421 e. The van der Waals surface area contributed by atoms with Crippen LogP contribution in [0.1, 0.15) is 21.5 Å². The smallest absolute Gasteiger partial charge is 0.363 e. The maximum Gasteiger partial charge on any atom is 0.363 e. The number of aromatic nitrogens is 2. The molecule has 27 heavy (non-hydrogen) atoms. The molecule has 0 atom stereocenters. The standard InChI is InChI=1S/C19H18N4O4/c24-17(21-12-14-9-5-2-6-10-14)15-16(22-19(26)23(27)18(15)25)20-11-13-7-3-1-4-8-13/h1-10,20,27H,11-12H2,(H,21,24)(H,22,26). The fourth-order valence-corrected chi connectivity index (χ4v) is 2.52. The van der Waals surface area contributed by atoms with Crippen molar-refractivity contribution < 1.29 is 10.0 Å². The maximum atomic E-state index is 12.5. The Morgan fingerprint density at radius 1 is 0.926 bits per heavy atom. The molecule has 1 amide bonds. The van der Waals surface area contributed by atoms with Gasteiger partial charge >= 0.3 is 11.2 Å². The lowest BCUT2D eigenvalue weighted by molar-refractivity contribution is 0.0940. The normalized spacial score (nSPS) is 10.4. The van der Waals surface area contributed by atoms with Crippen LogP contribution in [0, 0.1) is 0 Å². The van der Waals surface area contributed by atoms with Gasteiger partial charge in [-0.15, -0.1) is 0 Å². The quantitative estimate of drug-likeness (QED) is 0.491. The van der Waals surface area contributed by atoms with E-state index >= 15 is 0 Å². The van der Waals surface area contributed by atoms with Gasteiger partial charge in [-0.1, -0.05) is 65.4 Å². The summed E-state index contributed by atoms with van der Waals surface area (Å²) in [5.41, 5.74) is -0.764. The average Bonchev–Trinajstić information content (AvgIpc) is 2.70. The summed E-state index contributed by atoms with van der Waals surface area (Å²) >= 11 is 0. The van der Waals surface area contributed by atoms with Crippen molar-refractivity contribution in [3.05, 3.63) is 98.2 Å². The van der Waals surface area contributed by atoms with Crippen LogP contribution >= 0.6 is 0 Å². The zero-order chi connectivity index (χ0) is 19.2. The third-order valence-electron chi connectivity index (χ3n) is 3.92. The van der Waals surface area contributed by atoms with Gasteiger partial charge in [-0.3, -0.25) is 14.6 Å². The van der Waals surface area contributed by atoms with Crippen molar-refractivity contribution in [1.29, 1.82) is 0 Å². The fourth-order valence-electron chi connectivity index (χ4n) is 2.52. The summed E-state index contributed by atoms with van der Waals surface area (Å²) in [6.45, 7) is 0.479. The van der Waals surface area contributed by atoms with E-state index in [0.29, 0.717) is 0 Å². The highest BCUT2D eigenvalue weighted by Crippen LogP contribution is 2.09. The molecule has 0 aliphatic heterocycles. The first-order valence-electron chi connectivity index (χ1n) is 8.25. The summed E-state index contributed by atoms with van der Waals surface area (Å²) in [6.07, 6.45) is 0. The lowest BCUT2D eigenvalue weighted by Gasteiger charge is -2.12. The molecule has 4 N–H and O–H groups in total. The van der Waals surface area contributed by atoms with Crippen molar-refractivity contribution in [3.8, 4) is 0 Å². The highest BCUT2D eigenvalue weighted by atomic mass is 16.5. The number of carbonyl (C=O) groups is 1. The molecule has 0 radical (unpaired) electrons. The number of H-pyrrole nitrogens is 1. The number of nitrogens with one attached hydrogen (secondary N) is 3. The van der Waals surface area contributed by atoms with Crippen molar-refractivity contribution in [2.24, 2.45) is 0 Å². The summed E-state index contributed by atoms with van der Waals surface area (Å²) < 4.78 is -0.120. The Hall–Kier alpha value is -3.81. The molecule has 138 valence electrons. The van der Waals surface area contributed by atoms with Crippen molar-refractivity contribution in [1.82, 2.24) is 15.0 Å². The topological polar surface area (TPSA) is 116 Å². The van der Waals surface area contributed by atoms with Crippen LogP contribution in [-0.2, 0) is 13.1 Å². The third-order valence-corrected chi connectivity index (χ3v) is 3.92. The van der Waals surface area contributed by atoms with Gasteiger partial charge < -0.3 is 15.8 Å². The first-order valence-corrected chi connectivity index (χ1v) is 8.25. The number of amides is 1. The zero-order valence-corrected chi connectivity index (χ0v) is 14.3. The van der Waals surface area contributed by atoms with Crippen molar-refractivity contribution in [3.63, 3.8) is 0 Å². The molecule has 8 heteroatoms. The van der Waals surface area contributed by atoms with Crippen molar-refractivity contribution in [2.75, 3.05) is 5.32 Å². The molecule has 1 aromatic heterocycles. The van der Waals surface area contributed by atoms with Gasteiger partial charge in [-0.25, -0.2) is 4.79 Å². The Kier molecular flexibility index (Phi) is 5.36. The van der Waals surface area contributed by atoms with Gasteiger partial charge in [0.25, 0.3) is 5.91 Å². The van der Waals surface area contributed by atoms with Gasteiger partial charge in [0.05, 0.1) is 0 Å². The van der Waals surface area contributed by atoms with Crippen LogP contribution < -0.4 is 21.9 Å². The van der Waals surface area contributed by atoms with Crippen LogP contribution in [0.5, 0.6) is 0 Å². The lowest BCUT2D eigenvalue weighted by Crippen LogP contribution is -2.41. The van der Waals surface area contributed by atoms with Crippen LogP contribution in [0.2, 0.25) is 0 Å². The van der Waals surface area contributed by atoms with Gasteiger partial charge in [-0.05, 0) is 11.1 Å². The molecule has 3 aromatic rings. The Morgan fingerprint density at radius 3 is 2.07 bits per heavy atom. The number of rotatable bonds is 6. The van der Waals surface area contributed by atoms with Gasteiger partial charge in [-0.2, -0.15) is 0 Å². The molecular formula is C19H18N4O4. The highest BCUT2D eigenvalue weighted by molar-refractivity contribution is 5.98. The highest BCUT2D eigenvalue weighted by Gasteiger charge is 2.20. The molecule has 0 spiro atoms. The van der Waals surface area contributed by atoms with E-state index in [4.69, 9.17) is 0 Å². The van der Waals surface area contributed by atoms with E-state index in [1.165, 1.54) is 0 Å². The number of aromatic amines is 1. The zero-order valence-electron chi connectivity index (χ0n) is 14.3. The molecule has 0 unspecified atom stereocenters. The molecule has 0 saturated heterocycles. The maximum absolute atomic E-state index is 12.5. The van der Waals surface area contributed by atoms with Crippen LogP contribution in [0.3, 0.4) is 0 Å². The third kappa shape index (κ3) is 4.24. The minimum atomic E-state index is -1.10. The number of hydrogen-bond acceptors (Lipinski definition) is 5. The van der Waals surface area contributed by atoms with Crippen LogP contribution in [-0.4, -0.2) is 20.8 Å². The molecule has 8 nitrogen and oxygen atoms in total. The molecule has 0 aliphatic carbocycles. The molecule has 2 aromatic carbocycles. The van der Waals surface area contributed by atoms with Crippen molar-refractivity contribution >= 4 is 11.7 Å². The lowest BCUT2D eigenvalue weighted by atomic mass is 10.2. The predicted molar refractivity (Wildman–Crippen MR) is 99.9 cm³/mol. The van der Waals surface area contributed by atoms with Crippen LogP contribution in [0.25, 0.3) is 0 Å². The molecule has 3 rings (SSSR count). The van der Waals surface area contributed by atoms with Gasteiger partial charge in [0, 0.05) is 13.1 Å². The van der Waals surface area contributed by atoms with Crippen molar-refractivity contribution in [2.45, 2.75) is 13.1 Å². The van der Waals surface area contributed by atoms with E-state index < -0.39 is 17.2 Å². The van der Waals surface area contributed by atoms with E-state index in [0.717, 1.165) is 11.1 Å². The average molecular weight is 366 g/mol. The van der Waals surface area contributed by atoms with E-state index in [1.54, 1.807) is 0 Å². The van der Waals surface area contributed by atoms with Gasteiger partial charge in [0.15, 0.2) is 0 Å². The number of benzene rings is 2. The Balaban J connectivity index is 1.85. The second-order valence-electron chi connectivity index (χ2n) is 5.80.